The van der Waals surface area contributed by atoms with E-state index in [1.165, 1.54) is 30.6 Å². The first kappa shape index (κ1) is 10.5. The van der Waals surface area contributed by atoms with Crippen LogP contribution in [0.4, 0.5) is 8.78 Å². The van der Waals surface area contributed by atoms with Gasteiger partial charge in [-0.15, -0.1) is 0 Å². The highest BCUT2D eigenvalue weighted by Gasteiger charge is 2.14. The molecule has 0 spiro atoms. The van der Waals surface area contributed by atoms with Crippen molar-refractivity contribution in [2.75, 3.05) is 0 Å². The lowest BCUT2D eigenvalue weighted by atomic mass is 10.0. The average molecular weight is 221 g/mol. The first-order valence-electron chi connectivity index (χ1n) is 4.68. The summed E-state index contributed by atoms with van der Waals surface area (Å²) in [5.41, 5.74) is 0.404. The zero-order valence-electron chi connectivity index (χ0n) is 8.54. The maximum absolute atomic E-state index is 13.7. The van der Waals surface area contributed by atoms with Gasteiger partial charge >= 0.3 is 0 Å². The molecule has 0 aliphatic carbocycles. The lowest BCUT2D eigenvalue weighted by molar-refractivity contribution is 0.473. The molecule has 1 N–H and O–H groups in total. The molecule has 1 heterocycles. The zero-order chi connectivity index (χ0) is 11.7. The molecule has 82 valence electrons. The van der Waals surface area contributed by atoms with Crippen molar-refractivity contribution in [3.63, 3.8) is 0 Å². The van der Waals surface area contributed by atoms with Gasteiger partial charge in [0.15, 0.2) is 0 Å². The third-order valence-corrected chi connectivity index (χ3v) is 2.30. The van der Waals surface area contributed by atoms with Crippen LogP contribution >= 0.6 is 0 Å². The molecule has 0 amide bonds. The summed E-state index contributed by atoms with van der Waals surface area (Å²) in [6.07, 6.45) is 2.51. The van der Waals surface area contributed by atoms with E-state index in [1.54, 1.807) is 6.92 Å². The van der Waals surface area contributed by atoms with Crippen LogP contribution in [0.25, 0.3) is 11.1 Å². The summed E-state index contributed by atoms with van der Waals surface area (Å²) in [6.45, 7) is 1.55. The van der Waals surface area contributed by atoms with E-state index < -0.39 is 11.6 Å². The second-order valence-corrected chi connectivity index (χ2v) is 3.49. The second kappa shape index (κ2) is 3.89. The Morgan fingerprint density at radius 3 is 2.62 bits per heavy atom. The van der Waals surface area contributed by atoms with Crippen molar-refractivity contribution in [2.45, 2.75) is 6.92 Å². The van der Waals surface area contributed by atoms with E-state index in [0.717, 1.165) is 0 Å². The molecule has 0 atom stereocenters. The van der Waals surface area contributed by atoms with Crippen molar-refractivity contribution in [3.8, 4) is 16.9 Å². The van der Waals surface area contributed by atoms with Gasteiger partial charge in [0.2, 0.25) is 0 Å². The van der Waals surface area contributed by atoms with Gasteiger partial charge in [-0.1, -0.05) is 6.07 Å². The molecule has 1 aromatic heterocycles. The Kier molecular flexibility index (Phi) is 2.56. The number of benzene rings is 1. The predicted octanol–water partition coefficient (Wildman–Crippen LogP) is 3.04. The molecular formula is C12H9F2NO. The van der Waals surface area contributed by atoms with Crippen LogP contribution < -0.4 is 0 Å². The maximum atomic E-state index is 13.7. The van der Waals surface area contributed by atoms with Gasteiger partial charge in [0.1, 0.15) is 17.4 Å². The van der Waals surface area contributed by atoms with Crippen molar-refractivity contribution < 1.29 is 13.9 Å². The number of aromatic hydroxyl groups is 1. The minimum absolute atomic E-state index is 0.127. The van der Waals surface area contributed by atoms with Crippen molar-refractivity contribution >= 4 is 0 Å². The van der Waals surface area contributed by atoms with Gasteiger partial charge in [-0.2, -0.15) is 0 Å². The summed E-state index contributed by atoms with van der Waals surface area (Å²) in [5, 5.41) is 9.22. The summed E-state index contributed by atoms with van der Waals surface area (Å²) in [7, 11) is 0. The van der Waals surface area contributed by atoms with Gasteiger partial charge in [-0.05, 0) is 24.6 Å². The second-order valence-electron chi connectivity index (χ2n) is 3.49. The van der Waals surface area contributed by atoms with Crippen LogP contribution in [-0.4, -0.2) is 10.1 Å². The highest BCUT2D eigenvalue weighted by molar-refractivity contribution is 5.66. The number of rotatable bonds is 1. The molecule has 0 saturated heterocycles. The molecule has 2 aromatic rings. The number of hydrogen-bond donors (Lipinski definition) is 1. The van der Waals surface area contributed by atoms with Gasteiger partial charge in [0, 0.05) is 11.8 Å². The Morgan fingerprint density at radius 2 is 1.94 bits per heavy atom. The fourth-order valence-electron chi connectivity index (χ4n) is 1.49. The van der Waals surface area contributed by atoms with E-state index >= 15 is 0 Å². The zero-order valence-corrected chi connectivity index (χ0v) is 8.54. The van der Waals surface area contributed by atoms with Crippen molar-refractivity contribution in [2.24, 2.45) is 0 Å². The Morgan fingerprint density at radius 1 is 1.19 bits per heavy atom. The van der Waals surface area contributed by atoms with Crippen LogP contribution in [0.15, 0.2) is 30.6 Å². The van der Waals surface area contributed by atoms with E-state index in [0.29, 0.717) is 5.56 Å². The van der Waals surface area contributed by atoms with E-state index in [4.69, 9.17) is 0 Å². The first-order valence-corrected chi connectivity index (χ1v) is 4.68. The van der Waals surface area contributed by atoms with Gasteiger partial charge in [-0.3, -0.25) is 4.98 Å². The summed E-state index contributed by atoms with van der Waals surface area (Å²) >= 11 is 0. The molecule has 0 radical (unpaired) electrons. The molecular weight excluding hydrogens is 212 g/mol. The number of halogens is 2. The normalized spacial score (nSPS) is 10.4. The molecule has 16 heavy (non-hydrogen) atoms. The standard InChI is InChI=1S/C12H9F2NO/c1-7-2-3-10(13)11(12(7)14)8-4-9(16)6-15-5-8/h2-6,16H,1H3. The van der Waals surface area contributed by atoms with Gasteiger partial charge < -0.3 is 5.11 Å². The lowest BCUT2D eigenvalue weighted by Gasteiger charge is -2.07. The Bertz CT molecular complexity index is 541. The Labute approximate surface area is 91.2 Å². The number of nitrogens with zero attached hydrogens (tertiary/aromatic N) is 1. The van der Waals surface area contributed by atoms with Crippen molar-refractivity contribution in [1.29, 1.82) is 0 Å². The largest absolute Gasteiger partial charge is 0.506 e. The third-order valence-electron chi connectivity index (χ3n) is 2.30. The molecule has 0 aliphatic heterocycles. The smallest absolute Gasteiger partial charge is 0.136 e. The SMILES string of the molecule is Cc1ccc(F)c(-c2cncc(O)c2)c1F. The van der Waals surface area contributed by atoms with Crippen LogP contribution in [0.1, 0.15) is 5.56 Å². The summed E-state index contributed by atoms with van der Waals surface area (Å²) < 4.78 is 27.2. The molecule has 1 aromatic carbocycles. The average Bonchev–Trinajstić information content (AvgIpc) is 2.24. The van der Waals surface area contributed by atoms with Crippen LogP contribution in [0.3, 0.4) is 0 Å². The van der Waals surface area contributed by atoms with Crippen LogP contribution in [-0.2, 0) is 0 Å². The highest BCUT2D eigenvalue weighted by atomic mass is 19.1. The minimum atomic E-state index is -0.671. The van der Waals surface area contributed by atoms with Crippen LogP contribution in [0.2, 0.25) is 0 Å². The molecule has 2 nitrogen and oxygen atoms in total. The summed E-state index contributed by atoms with van der Waals surface area (Å²) in [4.78, 5) is 3.69. The topological polar surface area (TPSA) is 33.1 Å². The van der Waals surface area contributed by atoms with Gasteiger partial charge in [-0.25, -0.2) is 8.78 Å². The number of hydrogen-bond acceptors (Lipinski definition) is 2. The molecule has 4 heteroatoms. The molecule has 0 aliphatic rings. The first-order chi connectivity index (χ1) is 7.59. The van der Waals surface area contributed by atoms with Gasteiger partial charge in [0.05, 0.1) is 11.8 Å². The van der Waals surface area contributed by atoms with E-state index in [2.05, 4.69) is 4.98 Å². The third kappa shape index (κ3) is 1.74. The predicted molar refractivity (Wildman–Crippen MR) is 56.0 cm³/mol. The number of pyridine rings is 1. The molecule has 0 fully saturated rings. The van der Waals surface area contributed by atoms with Gasteiger partial charge in [0.25, 0.3) is 0 Å². The van der Waals surface area contributed by atoms with E-state index in [9.17, 15) is 13.9 Å². The fourth-order valence-corrected chi connectivity index (χ4v) is 1.49. The Hall–Kier alpha value is -1.97. The highest BCUT2D eigenvalue weighted by Crippen LogP contribution is 2.28. The lowest BCUT2D eigenvalue weighted by Crippen LogP contribution is -1.93. The van der Waals surface area contributed by atoms with E-state index in [-0.39, 0.29) is 16.9 Å². The number of aryl methyl sites for hydroxylation is 1. The van der Waals surface area contributed by atoms with Crippen molar-refractivity contribution in [1.82, 2.24) is 4.98 Å². The summed E-state index contributed by atoms with van der Waals surface area (Å²) in [5.74, 6) is -1.43. The molecule has 0 unspecified atom stereocenters. The van der Waals surface area contributed by atoms with Crippen LogP contribution in [0, 0.1) is 18.6 Å². The Balaban J connectivity index is 2.68. The molecule has 0 saturated carbocycles. The monoisotopic (exact) mass is 221 g/mol. The minimum Gasteiger partial charge on any atom is -0.506 e. The molecule has 2 rings (SSSR count). The fraction of sp³-hybridized carbons (Fsp3) is 0.0833. The molecule has 0 bridgehead atoms. The quantitative estimate of drug-likeness (QED) is 0.802. The van der Waals surface area contributed by atoms with Crippen LogP contribution in [0.5, 0.6) is 5.75 Å². The van der Waals surface area contributed by atoms with E-state index in [1.807, 2.05) is 0 Å². The maximum Gasteiger partial charge on any atom is 0.136 e. The number of aromatic nitrogens is 1. The summed E-state index contributed by atoms with van der Waals surface area (Å²) in [6, 6.07) is 3.83. The van der Waals surface area contributed by atoms with Crippen molar-refractivity contribution in [3.05, 3.63) is 47.8 Å².